The van der Waals surface area contributed by atoms with E-state index in [1.54, 1.807) is 11.8 Å². The summed E-state index contributed by atoms with van der Waals surface area (Å²) in [5, 5.41) is 8.17. The summed E-state index contributed by atoms with van der Waals surface area (Å²) in [6.45, 7) is 1.94. The number of anilines is 1. The highest BCUT2D eigenvalue weighted by atomic mass is 35.5. The van der Waals surface area contributed by atoms with E-state index >= 15 is 0 Å². The number of nitrogens with one attached hydrogen (secondary N) is 1. The third kappa shape index (κ3) is 2.65. The number of para-hydroxylation sites is 1. The molecule has 2 heterocycles. The van der Waals surface area contributed by atoms with E-state index < -0.39 is 0 Å². The molecule has 0 bridgehead atoms. The Morgan fingerprint density at radius 3 is 2.81 bits per heavy atom. The Balaban J connectivity index is 1.87. The van der Waals surface area contributed by atoms with E-state index in [1.807, 2.05) is 55.6 Å². The molecule has 1 atom stereocenters. The lowest BCUT2D eigenvalue weighted by molar-refractivity contribution is -0.116. The smallest absolute Gasteiger partial charge is 0.226 e. The van der Waals surface area contributed by atoms with Gasteiger partial charge in [-0.25, -0.2) is 4.68 Å². The van der Waals surface area contributed by atoms with Crippen LogP contribution in [0.1, 0.15) is 29.0 Å². The molecule has 6 heteroatoms. The van der Waals surface area contributed by atoms with Gasteiger partial charge < -0.3 is 10.1 Å². The first-order valence-corrected chi connectivity index (χ1v) is 8.74. The normalized spacial score (nSPS) is 16.1. The molecule has 0 unspecified atom stereocenters. The molecular formula is C20H18ClN3O2. The molecule has 3 aromatic rings. The van der Waals surface area contributed by atoms with Crippen LogP contribution in [0.15, 0.2) is 48.7 Å². The van der Waals surface area contributed by atoms with Crippen LogP contribution in [-0.4, -0.2) is 22.8 Å². The SMILES string of the molecule is COc1ccccc1[C@@H]1CC(=O)Nc2c1cnn2-c1cccc(Cl)c1C. The quantitative estimate of drug-likeness (QED) is 0.750. The first-order valence-electron chi connectivity index (χ1n) is 8.36. The van der Waals surface area contributed by atoms with Crippen LogP contribution in [0.3, 0.4) is 0 Å². The Morgan fingerprint density at radius 2 is 2.00 bits per heavy atom. The molecule has 0 radical (unpaired) electrons. The summed E-state index contributed by atoms with van der Waals surface area (Å²) in [6, 6.07) is 13.4. The van der Waals surface area contributed by atoms with Crippen molar-refractivity contribution >= 4 is 23.3 Å². The van der Waals surface area contributed by atoms with Gasteiger partial charge in [0.1, 0.15) is 11.6 Å². The predicted octanol–water partition coefficient (Wildman–Crippen LogP) is 4.32. The van der Waals surface area contributed by atoms with Gasteiger partial charge in [-0.05, 0) is 30.7 Å². The minimum atomic E-state index is -0.108. The average Bonchev–Trinajstić information content (AvgIpc) is 3.07. The molecule has 1 amide bonds. The summed E-state index contributed by atoms with van der Waals surface area (Å²) in [5.74, 6) is 1.30. The summed E-state index contributed by atoms with van der Waals surface area (Å²) in [6.07, 6.45) is 2.17. The van der Waals surface area contributed by atoms with Crippen molar-refractivity contribution in [2.45, 2.75) is 19.3 Å². The van der Waals surface area contributed by atoms with Gasteiger partial charge in [-0.2, -0.15) is 5.10 Å². The van der Waals surface area contributed by atoms with Crippen molar-refractivity contribution in [2.75, 3.05) is 12.4 Å². The summed E-state index contributed by atoms with van der Waals surface area (Å²) in [7, 11) is 1.64. The molecule has 132 valence electrons. The van der Waals surface area contributed by atoms with Gasteiger partial charge in [0.2, 0.25) is 5.91 Å². The van der Waals surface area contributed by atoms with E-state index in [0.29, 0.717) is 17.3 Å². The first-order chi connectivity index (χ1) is 12.6. The number of halogens is 1. The first kappa shape index (κ1) is 16.7. The summed E-state index contributed by atoms with van der Waals surface area (Å²) >= 11 is 6.26. The average molecular weight is 368 g/mol. The van der Waals surface area contributed by atoms with Crippen molar-refractivity contribution < 1.29 is 9.53 Å². The lowest BCUT2D eigenvalue weighted by Gasteiger charge is -2.25. The Morgan fingerprint density at radius 1 is 1.19 bits per heavy atom. The van der Waals surface area contributed by atoms with E-state index in [9.17, 15) is 4.79 Å². The highest BCUT2D eigenvalue weighted by Gasteiger charge is 2.32. The molecule has 1 aliphatic heterocycles. The zero-order valence-corrected chi connectivity index (χ0v) is 15.2. The van der Waals surface area contributed by atoms with Gasteiger partial charge in [0, 0.05) is 28.5 Å². The topological polar surface area (TPSA) is 56.1 Å². The van der Waals surface area contributed by atoms with Crippen LogP contribution in [0.5, 0.6) is 5.75 Å². The molecular weight excluding hydrogens is 350 g/mol. The second-order valence-corrected chi connectivity index (χ2v) is 6.70. The van der Waals surface area contributed by atoms with Gasteiger partial charge in [-0.3, -0.25) is 4.79 Å². The Labute approximate surface area is 156 Å². The largest absolute Gasteiger partial charge is 0.496 e. The van der Waals surface area contributed by atoms with Crippen LogP contribution in [0.25, 0.3) is 5.69 Å². The molecule has 4 rings (SSSR count). The van der Waals surface area contributed by atoms with E-state index in [1.165, 1.54) is 0 Å². The Hall–Kier alpha value is -2.79. The van der Waals surface area contributed by atoms with Crippen LogP contribution in [0.4, 0.5) is 5.82 Å². The monoisotopic (exact) mass is 367 g/mol. The maximum absolute atomic E-state index is 12.4. The second-order valence-electron chi connectivity index (χ2n) is 6.29. The molecule has 0 saturated carbocycles. The second kappa shape index (κ2) is 6.50. The fourth-order valence-electron chi connectivity index (χ4n) is 3.46. The molecule has 26 heavy (non-hydrogen) atoms. The molecule has 1 aromatic heterocycles. The van der Waals surface area contributed by atoms with Crippen LogP contribution in [0, 0.1) is 6.92 Å². The maximum Gasteiger partial charge on any atom is 0.226 e. The van der Waals surface area contributed by atoms with Crippen molar-refractivity contribution in [2.24, 2.45) is 0 Å². The summed E-state index contributed by atoms with van der Waals surface area (Å²) in [4.78, 5) is 12.4. The van der Waals surface area contributed by atoms with Gasteiger partial charge in [-0.1, -0.05) is 35.9 Å². The number of aromatic nitrogens is 2. The molecule has 5 nitrogen and oxygen atoms in total. The van der Waals surface area contributed by atoms with Gasteiger partial charge in [0.15, 0.2) is 0 Å². The zero-order chi connectivity index (χ0) is 18.3. The highest BCUT2D eigenvalue weighted by molar-refractivity contribution is 6.31. The summed E-state index contributed by atoms with van der Waals surface area (Å²) in [5.41, 5.74) is 3.70. The number of benzene rings is 2. The van der Waals surface area contributed by atoms with Crippen LogP contribution in [0.2, 0.25) is 5.02 Å². The third-order valence-corrected chi connectivity index (χ3v) is 5.21. The van der Waals surface area contributed by atoms with Crippen LogP contribution in [-0.2, 0) is 4.79 Å². The fraction of sp³-hybridized carbons (Fsp3) is 0.200. The predicted molar refractivity (Wildman–Crippen MR) is 101 cm³/mol. The Kier molecular flexibility index (Phi) is 4.17. The van der Waals surface area contributed by atoms with Crippen molar-refractivity contribution in [3.8, 4) is 11.4 Å². The van der Waals surface area contributed by atoms with Crippen molar-refractivity contribution in [1.29, 1.82) is 0 Å². The minimum Gasteiger partial charge on any atom is -0.496 e. The van der Waals surface area contributed by atoms with Gasteiger partial charge in [0.25, 0.3) is 0 Å². The van der Waals surface area contributed by atoms with Crippen molar-refractivity contribution in [3.05, 3.63) is 70.4 Å². The molecule has 0 aliphatic carbocycles. The minimum absolute atomic E-state index is 0.0464. The van der Waals surface area contributed by atoms with E-state index in [0.717, 1.165) is 28.1 Å². The van der Waals surface area contributed by atoms with Crippen molar-refractivity contribution in [3.63, 3.8) is 0 Å². The van der Waals surface area contributed by atoms with Crippen molar-refractivity contribution in [1.82, 2.24) is 9.78 Å². The van der Waals surface area contributed by atoms with Crippen LogP contribution >= 0.6 is 11.6 Å². The van der Waals surface area contributed by atoms with Crippen LogP contribution < -0.4 is 10.1 Å². The van der Waals surface area contributed by atoms with E-state index in [2.05, 4.69) is 10.4 Å². The molecule has 0 fully saturated rings. The lowest BCUT2D eigenvalue weighted by Crippen LogP contribution is -2.25. The number of hydrogen-bond donors (Lipinski definition) is 1. The molecule has 0 saturated heterocycles. The number of hydrogen-bond acceptors (Lipinski definition) is 3. The number of methoxy groups -OCH3 is 1. The summed E-state index contributed by atoms with van der Waals surface area (Å²) < 4.78 is 7.24. The number of nitrogens with zero attached hydrogens (tertiary/aromatic N) is 2. The maximum atomic E-state index is 12.4. The number of carbonyl (C=O) groups is 1. The number of carbonyl (C=O) groups excluding carboxylic acids is 1. The number of ether oxygens (including phenoxy) is 1. The highest BCUT2D eigenvalue weighted by Crippen LogP contribution is 2.41. The molecule has 1 N–H and O–H groups in total. The number of rotatable bonds is 3. The lowest BCUT2D eigenvalue weighted by atomic mass is 9.87. The van der Waals surface area contributed by atoms with E-state index in [-0.39, 0.29) is 11.8 Å². The number of amides is 1. The Bertz CT molecular complexity index is 996. The van der Waals surface area contributed by atoms with Gasteiger partial charge in [-0.15, -0.1) is 0 Å². The molecule has 0 spiro atoms. The zero-order valence-electron chi connectivity index (χ0n) is 14.5. The molecule has 1 aliphatic rings. The third-order valence-electron chi connectivity index (χ3n) is 4.80. The van der Waals surface area contributed by atoms with E-state index in [4.69, 9.17) is 16.3 Å². The van der Waals surface area contributed by atoms with Gasteiger partial charge in [0.05, 0.1) is 19.0 Å². The molecule has 2 aromatic carbocycles. The number of fused-ring (bicyclic) bond motifs is 1. The fourth-order valence-corrected chi connectivity index (χ4v) is 3.63. The van der Waals surface area contributed by atoms with Gasteiger partial charge >= 0.3 is 0 Å². The standard InChI is InChI=1S/C20H18ClN3O2/c1-12-16(21)7-5-8-17(12)24-20-15(11-22-24)14(10-19(25)23-20)13-6-3-4-9-18(13)26-2/h3-9,11,14H,10H2,1-2H3,(H,23,25)/t14-/m0/s1.